The average molecular weight is 179 g/mol. The lowest BCUT2D eigenvalue weighted by Crippen LogP contribution is -2.23. The van der Waals surface area contributed by atoms with Crippen LogP contribution in [0.5, 0.6) is 0 Å². The van der Waals surface area contributed by atoms with Gasteiger partial charge in [-0.25, -0.2) is 9.48 Å². The molecule has 68 valence electrons. The molecule has 6 nitrogen and oxygen atoms in total. The van der Waals surface area contributed by atoms with Crippen molar-refractivity contribution in [3.63, 3.8) is 0 Å². The molecule has 1 N–H and O–H groups in total. The number of aromatic nitrogens is 5. The Morgan fingerprint density at radius 1 is 1.62 bits per heavy atom. The van der Waals surface area contributed by atoms with Gasteiger partial charge in [-0.1, -0.05) is 0 Å². The highest BCUT2D eigenvalue weighted by atomic mass is 16.2. The van der Waals surface area contributed by atoms with Crippen molar-refractivity contribution >= 4 is 0 Å². The van der Waals surface area contributed by atoms with Gasteiger partial charge in [0.25, 0.3) is 0 Å². The number of aryl methyl sites for hydroxylation is 1. The fraction of sp³-hybridized carbons (Fsp3) is 0.286. The summed E-state index contributed by atoms with van der Waals surface area (Å²) >= 11 is 0. The third kappa shape index (κ3) is 1.37. The molecule has 0 atom stereocenters. The van der Waals surface area contributed by atoms with Crippen molar-refractivity contribution in [1.29, 1.82) is 0 Å². The predicted molar refractivity (Wildman–Crippen MR) is 45.2 cm³/mol. The lowest BCUT2D eigenvalue weighted by atomic mass is 10.4. The van der Waals surface area contributed by atoms with Crippen LogP contribution >= 0.6 is 0 Å². The van der Waals surface area contributed by atoms with E-state index < -0.39 is 0 Å². The van der Waals surface area contributed by atoms with Gasteiger partial charge in [0, 0.05) is 18.8 Å². The molecule has 0 amide bonds. The van der Waals surface area contributed by atoms with Crippen molar-refractivity contribution in [1.82, 2.24) is 24.5 Å². The number of nitrogens with zero attached hydrogens (tertiary/aromatic N) is 4. The largest absolute Gasteiger partial charge is 0.345 e. The van der Waals surface area contributed by atoms with Gasteiger partial charge in [0.05, 0.1) is 12.7 Å². The van der Waals surface area contributed by atoms with Crippen LogP contribution in [0.1, 0.15) is 5.56 Å². The summed E-state index contributed by atoms with van der Waals surface area (Å²) in [6.45, 7) is 0.455. The first-order chi connectivity index (χ1) is 6.27. The van der Waals surface area contributed by atoms with E-state index >= 15 is 0 Å². The van der Waals surface area contributed by atoms with Gasteiger partial charge in [0.15, 0.2) is 0 Å². The van der Waals surface area contributed by atoms with Crippen LogP contribution in [0.4, 0.5) is 0 Å². The summed E-state index contributed by atoms with van der Waals surface area (Å²) in [5.41, 5.74) is 0.807. The molecule has 2 heterocycles. The Hall–Kier alpha value is -1.85. The third-order valence-corrected chi connectivity index (χ3v) is 1.77. The molecule has 0 aromatic carbocycles. The molecular formula is C7H9N5O. The van der Waals surface area contributed by atoms with E-state index in [1.165, 1.54) is 15.6 Å². The van der Waals surface area contributed by atoms with Crippen LogP contribution in [0, 0.1) is 0 Å². The van der Waals surface area contributed by atoms with Crippen LogP contribution in [0.25, 0.3) is 0 Å². The zero-order chi connectivity index (χ0) is 9.26. The zero-order valence-corrected chi connectivity index (χ0v) is 7.14. The third-order valence-electron chi connectivity index (χ3n) is 1.77. The second kappa shape index (κ2) is 2.89. The highest BCUT2D eigenvalue weighted by Crippen LogP contribution is 1.94. The minimum Gasteiger partial charge on any atom is -0.285 e. The van der Waals surface area contributed by atoms with Crippen molar-refractivity contribution in [3.05, 3.63) is 34.8 Å². The monoisotopic (exact) mass is 179 g/mol. The fourth-order valence-corrected chi connectivity index (χ4v) is 1.07. The lowest BCUT2D eigenvalue weighted by molar-refractivity contribution is 0.647. The van der Waals surface area contributed by atoms with Crippen molar-refractivity contribution in [2.24, 2.45) is 7.05 Å². The van der Waals surface area contributed by atoms with Gasteiger partial charge in [-0.2, -0.15) is 10.2 Å². The fourth-order valence-electron chi connectivity index (χ4n) is 1.07. The number of aromatic amines is 1. The van der Waals surface area contributed by atoms with Crippen LogP contribution < -0.4 is 5.69 Å². The van der Waals surface area contributed by atoms with Crippen LogP contribution in [-0.2, 0) is 13.6 Å². The van der Waals surface area contributed by atoms with Crippen molar-refractivity contribution in [2.45, 2.75) is 6.54 Å². The number of hydrogen-bond donors (Lipinski definition) is 1. The van der Waals surface area contributed by atoms with E-state index in [9.17, 15) is 4.79 Å². The van der Waals surface area contributed by atoms with E-state index in [1.807, 2.05) is 0 Å². The standard InChI is InChI=1S/C7H9N5O/c1-11-5-10-12(7(11)13)4-6-2-8-9-3-6/h2-3,5H,4H2,1H3,(H,8,9). The van der Waals surface area contributed by atoms with Crippen molar-refractivity contribution in [2.75, 3.05) is 0 Å². The molecule has 0 aliphatic heterocycles. The molecule has 6 heteroatoms. The van der Waals surface area contributed by atoms with Crippen LogP contribution in [0.2, 0.25) is 0 Å². The first-order valence-corrected chi connectivity index (χ1v) is 3.83. The maximum Gasteiger partial charge on any atom is 0.345 e. The molecule has 0 bridgehead atoms. The highest BCUT2D eigenvalue weighted by molar-refractivity contribution is 5.02. The van der Waals surface area contributed by atoms with E-state index in [0.717, 1.165) is 5.56 Å². The van der Waals surface area contributed by atoms with Crippen LogP contribution in [0.3, 0.4) is 0 Å². The summed E-state index contributed by atoms with van der Waals surface area (Å²) in [6.07, 6.45) is 4.89. The number of rotatable bonds is 2. The molecule has 0 aliphatic carbocycles. The SMILES string of the molecule is Cn1cnn(Cc2cn[nH]c2)c1=O. The topological polar surface area (TPSA) is 68.5 Å². The maximum absolute atomic E-state index is 11.3. The Labute approximate surface area is 73.8 Å². The second-order valence-electron chi connectivity index (χ2n) is 2.79. The summed E-state index contributed by atoms with van der Waals surface area (Å²) in [6, 6.07) is 0. The highest BCUT2D eigenvalue weighted by Gasteiger charge is 2.02. The minimum atomic E-state index is -0.124. The predicted octanol–water partition coefficient (Wildman–Crippen LogP) is -0.647. The summed E-state index contributed by atoms with van der Waals surface area (Å²) < 4.78 is 2.81. The molecule has 0 saturated heterocycles. The normalized spacial score (nSPS) is 10.5. The summed E-state index contributed by atoms with van der Waals surface area (Å²) in [4.78, 5) is 11.3. The maximum atomic E-state index is 11.3. The average Bonchev–Trinajstić information content (AvgIpc) is 2.71. The van der Waals surface area contributed by atoms with Gasteiger partial charge >= 0.3 is 5.69 Å². The Morgan fingerprint density at radius 3 is 3.00 bits per heavy atom. The van der Waals surface area contributed by atoms with Gasteiger partial charge in [0.1, 0.15) is 6.33 Å². The van der Waals surface area contributed by atoms with Gasteiger partial charge in [-0.05, 0) is 0 Å². The Kier molecular flexibility index (Phi) is 1.73. The molecule has 0 radical (unpaired) electrons. The molecule has 2 aromatic heterocycles. The molecule has 2 aromatic rings. The molecule has 0 aliphatic rings. The number of nitrogens with one attached hydrogen (secondary N) is 1. The van der Waals surface area contributed by atoms with Crippen LogP contribution in [0.15, 0.2) is 23.5 Å². The molecule has 2 rings (SSSR count). The quantitative estimate of drug-likeness (QED) is 0.666. The number of hydrogen-bond acceptors (Lipinski definition) is 3. The Balaban J connectivity index is 2.29. The minimum absolute atomic E-state index is 0.124. The first kappa shape index (κ1) is 7.78. The van der Waals surface area contributed by atoms with Gasteiger partial charge < -0.3 is 0 Å². The second-order valence-corrected chi connectivity index (χ2v) is 2.79. The molecule has 0 unspecified atom stereocenters. The molecule has 13 heavy (non-hydrogen) atoms. The van der Waals surface area contributed by atoms with E-state index in [0.29, 0.717) is 6.54 Å². The molecule has 0 saturated carbocycles. The van der Waals surface area contributed by atoms with Crippen LogP contribution in [-0.4, -0.2) is 24.5 Å². The van der Waals surface area contributed by atoms with E-state index in [-0.39, 0.29) is 5.69 Å². The van der Waals surface area contributed by atoms with E-state index in [1.54, 1.807) is 19.4 Å². The summed E-state index contributed by atoms with van der Waals surface area (Å²) in [5, 5.41) is 10.4. The summed E-state index contributed by atoms with van der Waals surface area (Å²) in [5.74, 6) is 0. The first-order valence-electron chi connectivity index (χ1n) is 3.83. The molecule has 0 spiro atoms. The van der Waals surface area contributed by atoms with E-state index in [4.69, 9.17) is 0 Å². The molecule has 0 fully saturated rings. The lowest BCUT2D eigenvalue weighted by Gasteiger charge is -1.93. The van der Waals surface area contributed by atoms with Crippen molar-refractivity contribution in [3.8, 4) is 0 Å². The number of H-pyrrole nitrogens is 1. The Bertz CT molecular complexity index is 438. The zero-order valence-electron chi connectivity index (χ0n) is 7.14. The van der Waals surface area contributed by atoms with E-state index in [2.05, 4.69) is 15.3 Å². The van der Waals surface area contributed by atoms with Gasteiger partial charge in [-0.3, -0.25) is 9.67 Å². The Morgan fingerprint density at radius 2 is 2.46 bits per heavy atom. The smallest absolute Gasteiger partial charge is 0.285 e. The van der Waals surface area contributed by atoms with Gasteiger partial charge in [-0.15, -0.1) is 0 Å². The van der Waals surface area contributed by atoms with Crippen molar-refractivity contribution < 1.29 is 0 Å². The van der Waals surface area contributed by atoms with Gasteiger partial charge in [0.2, 0.25) is 0 Å². The summed E-state index contributed by atoms with van der Waals surface area (Å²) in [7, 11) is 1.67. The molecular weight excluding hydrogens is 170 g/mol.